The quantitative estimate of drug-likeness (QED) is 0.399. The summed E-state index contributed by atoms with van der Waals surface area (Å²) in [4.78, 5) is 2.20. The van der Waals surface area contributed by atoms with Gasteiger partial charge >= 0.3 is 5.25 Å². The van der Waals surface area contributed by atoms with Crippen molar-refractivity contribution in [1.29, 1.82) is 0 Å². The Morgan fingerprint density at radius 2 is 1.16 bits per heavy atom. The van der Waals surface area contributed by atoms with E-state index in [2.05, 4.69) is 121 Å². The molecule has 0 saturated heterocycles. The number of allylic oxidation sites excluding steroid dienone is 2. The summed E-state index contributed by atoms with van der Waals surface area (Å²) in [5.41, 5.74) is 8.76. The highest BCUT2D eigenvalue weighted by Gasteiger charge is 2.52. The minimum Gasteiger partial charge on any atom is -0.429 e. The Balaban J connectivity index is 2.53. The maximum Gasteiger partial charge on any atom is 0.554 e. The maximum absolute atomic E-state index is 7.58. The zero-order chi connectivity index (χ0) is 24.2. The lowest BCUT2D eigenvalue weighted by Gasteiger charge is -2.51. The normalized spacial score (nSPS) is 17.0. The SMILES string of the molecule is Cc1cccc(C)c1N1C(C(C)(C)C)=CC(C(C)(C)C)=[N+](c2c(C)cccc2C)[B-]1(Cl)Cl. The van der Waals surface area contributed by atoms with Gasteiger partial charge in [0.05, 0.1) is 0 Å². The van der Waals surface area contributed by atoms with Crippen molar-refractivity contribution in [2.75, 3.05) is 4.81 Å². The molecule has 0 unspecified atom stereocenters. The van der Waals surface area contributed by atoms with Crippen LogP contribution in [0, 0.1) is 38.5 Å². The fourth-order valence-corrected chi connectivity index (χ4v) is 5.61. The van der Waals surface area contributed by atoms with E-state index in [0.717, 1.165) is 45.0 Å². The highest BCUT2D eigenvalue weighted by Crippen LogP contribution is 2.48. The first-order valence-corrected chi connectivity index (χ1v) is 12.3. The first-order valence-electron chi connectivity index (χ1n) is 11.4. The summed E-state index contributed by atoms with van der Waals surface area (Å²) in [5, 5.41) is -2.23. The van der Waals surface area contributed by atoms with Crippen LogP contribution in [-0.2, 0) is 0 Å². The number of para-hydroxylation sites is 2. The molecule has 0 atom stereocenters. The summed E-state index contributed by atoms with van der Waals surface area (Å²) < 4.78 is 2.20. The molecule has 1 aliphatic heterocycles. The smallest absolute Gasteiger partial charge is 0.429 e. The molecule has 2 aromatic carbocycles. The van der Waals surface area contributed by atoms with Crippen LogP contribution in [0.3, 0.4) is 0 Å². The Morgan fingerprint density at radius 1 is 0.719 bits per heavy atom. The van der Waals surface area contributed by atoms with Gasteiger partial charge in [-0.2, -0.15) is 0 Å². The molecule has 0 bridgehead atoms. The summed E-state index contributed by atoms with van der Waals surface area (Å²) in [6, 6.07) is 12.7. The van der Waals surface area contributed by atoms with Crippen LogP contribution in [0.15, 0.2) is 48.2 Å². The van der Waals surface area contributed by atoms with Crippen LogP contribution in [0.1, 0.15) is 63.8 Å². The number of aryl methyl sites for hydroxylation is 4. The monoisotopic (exact) mass is 470 g/mol. The molecular weight excluding hydrogens is 434 g/mol. The summed E-state index contributed by atoms with van der Waals surface area (Å²) in [6.45, 7) is 21.9. The molecule has 0 spiro atoms. The van der Waals surface area contributed by atoms with Gasteiger partial charge in [-0.15, -0.1) is 0 Å². The fourth-order valence-electron chi connectivity index (χ4n) is 4.80. The second-order valence-corrected chi connectivity index (χ2v) is 12.7. The van der Waals surface area contributed by atoms with Gasteiger partial charge in [0.2, 0.25) is 0 Å². The lowest BCUT2D eigenvalue weighted by Crippen LogP contribution is -2.60. The molecule has 1 aliphatic rings. The summed E-state index contributed by atoms with van der Waals surface area (Å²) in [7, 11) is 0. The number of hydrogen-bond donors (Lipinski definition) is 0. The lowest BCUT2D eigenvalue weighted by atomic mass is 9.76. The van der Waals surface area contributed by atoms with E-state index >= 15 is 0 Å². The highest BCUT2D eigenvalue weighted by molar-refractivity contribution is 7.43. The van der Waals surface area contributed by atoms with Gasteiger partial charge in [-0.1, -0.05) is 77.9 Å². The zero-order valence-corrected chi connectivity index (χ0v) is 22.8. The molecule has 3 rings (SSSR count). The molecule has 0 N–H and O–H groups in total. The van der Waals surface area contributed by atoms with Crippen molar-refractivity contribution in [3.8, 4) is 0 Å². The zero-order valence-electron chi connectivity index (χ0n) is 21.3. The van der Waals surface area contributed by atoms with E-state index in [1.54, 1.807) is 0 Å². The van der Waals surface area contributed by atoms with Gasteiger partial charge in [-0.3, -0.25) is 22.9 Å². The number of nitrogens with zero attached hydrogens (tertiary/aromatic N) is 2. The molecule has 2 nitrogen and oxygen atoms in total. The van der Waals surface area contributed by atoms with Gasteiger partial charge in [0, 0.05) is 28.3 Å². The largest absolute Gasteiger partial charge is 0.554 e. The summed E-state index contributed by atoms with van der Waals surface area (Å²) in [6.07, 6.45) is 2.32. The van der Waals surface area contributed by atoms with Crippen molar-refractivity contribution in [2.24, 2.45) is 10.8 Å². The van der Waals surface area contributed by atoms with E-state index in [4.69, 9.17) is 22.9 Å². The van der Waals surface area contributed by atoms with Crippen molar-refractivity contribution in [3.05, 3.63) is 70.4 Å². The molecule has 5 heteroatoms. The first kappa shape index (κ1) is 24.9. The Kier molecular flexibility index (Phi) is 6.43. The standard InChI is InChI=1S/C27H37BCl2N2/c1-18-13-11-14-19(2)24(18)31-22(26(5,6)7)17-23(27(8,9)10)32(28(31,29)30)25-20(3)15-12-16-21(25)4/h11-17H,1-10H3. The van der Waals surface area contributed by atoms with E-state index in [1.165, 1.54) is 0 Å². The van der Waals surface area contributed by atoms with E-state index < -0.39 is 5.25 Å². The number of benzene rings is 2. The van der Waals surface area contributed by atoms with Crippen LogP contribution in [0.5, 0.6) is 0 Å². The molecule has 0 aromatic heterocycles. The first-order chi connectivity index (χ1) is 14.6. The van der Waals surface area contributed by atoms with Crippen molar-refractivity contribution in [1.82, 2.24) is 0 Å². The van der Waals surface area contributed by atoms with Crippen LogP contribution < -0.4 is 4.81 Å². The van der Waals surface area contributed by atoms with Gasteiger partial charge < -0.3 is 9.30 Å². The predicted molar refractivity (Wildman–Crippen MR) is 144 cm³/mol. The van der Waals surface area contributed by atoms with Crippen molar-refractivity contribution < 1.29 is 4.49 Å². The fraction of sp³-hybridized carbons (Fsp3) is 0.444. The van der Waals surface area contributed by atoms with Gasteiger partial charge in [-0.25, -0.2) is 0 Å². The summed E-state index contributed by atoms with van der Waals surface area (Å²) in [5.74, 6) is 0. The number of rotatable bonds is 2. The number of anilines is 1. The third-order valence-electron chi connectivity index (χ3n) is 6.31. The molecule has 0 aliphatic carbocycles. The van der Waals surface area contributed by atoms with Crippen molar-refractivity contribution >= 4 is 45.3 Å². The van der Waals surface area contributed by atoms with Crippen LogP contribution in [0.2, 0.25) is 0 Å². The van der Waals surface area contributed by atoms with Crippen LogP contribution in [0.25, 0.3) is 0 Å². The minimum absolute atomic E-state index is 0.158. The molecule has 0 amide bonds. The molecule has 0 fully saturated rings. The van der Waals surface area contributed by atoms with E-state index in [1.807, 2.05) is 0 Å². The molecular formula is C27H37BCl2N2. The molecule has 2 aromatic rings. The molecule has 0 saturated carbocycles. The molecule has 32 heavy (non-hydrogen) atoms. The van der Waals surface area contributed by atoms with Gasteiger partial charge in [-0.05, 0) is 49.9 Å². The maximum atomic E-state index is 7.58. The minimum atomic E-state index is -2.23. The third kappa shape index (κ3) is 4.27. The van der Waals surface area contributed by atoms with Gasteiger partial charge in [0.1, 0.15) is 5.71 Å². The van der Waals surface area contributed by atoms with Gasteiger partial charge in [0.15, 0.2) is 5.69 Å². The second-order valence-electron chi connectivity index (χ2n) is 11.2. The average molecular weight is 471 g/mol. The molecule has 1 heterocycles. The highest BCUT2D eigenvalue weighted by atomic mass is 35.5. The molecule has 172 valence electrons. The lowest BCUT2D eigenvalue weighted by molar-refractivity contribution is -0.294. The Hall–Kier alpha value is -1.71. The number of halogens is 2. The van der Waals surface area contributed by atoms with E-state index in [0.29, 0.717) is 0 Å². The summed E-state index contributed by atoms with van der Waals surface area (Å²) >= 11 is 15.2. The number of hydrogen-bond acceptors (Lipinski definition) is 1. The Labute approximate surface area is 204 Å². The van der Waals surface area contributed by atoms with E-state index in [-0.39, 0.29) is 10.8 Å². The Morgan fingerprint density at radius 3 is 1.56 bits per heavy atom. The second kappa shape index (κ2) is 8.26. The van der Waals surface area contributed by atoms with Crippen LogP contribution in [0.4, 0.5) is 11.4 Å². The predicted octanol–water partition coefficient (Wildman–Crippen LogP) is 8.41. The van der Waals surface area contributed by atoms with Gasteiger partial charge in [0.25, 0.3) is 0 Å². The van der Waals surface area contributed by atoms with Crippen LogP contribution in [-0.4, -0.2) is 15.4 Å². The molecule has 0 radical (unpaired) electrons. The van der Waals surface area contributed by atoms with Crippen molar-refractivity contribution in [3.63, 3.8) is 0 Å². The van der Waals surface area contributed by atoms with Crippen LogP contribution >= 0.6 is 22.9 Å². The topological polar surface area (TPSA) is 6.25 Å². The third-order valence-corrected chi connectivity index (χ3v) is 7.09. The average Bonchev–Trinajstić information content (AvgIpc) is 2.61. The van der Waals surface area contributed by atoms with E-state index in [9.17, 15) is 0 Å². The van der Waals surface area contributed by atoms with Crippen molar-refractivity contribution in [2.45, 2.75) is 69.2 Å². The Bertz CT molecular complexity index is 1070.